The van der Waals surface area contributed by atoms with Gasteiger partial charge in [-0.15, -0.1) is 0 Å². The lowest BCUT2D eigenvalue weighted by molar-refractivity contribution is 0.264. The van der Waals surface area contributed by atoms with Crippen LogP contribution in [0, 0.1) is 45.3 Å². The number of fused-ring (bicyclic) bond motifs is 1. The third kappa shape index (κ3) is 2.39. The van der Waals surface area contributed by atoms with E-state index in [0.29, 0.717) is 23.7 Å². The zero-order valence-electron chi connectivity index (χ0n) is 13.7. The minimum absolute atomic E-state index is 0.0250. The number of likely N-dealkylation sites (N-methyl/N-ethyl adjacent to an activating group) is 1. The molecule has 0 unspecified atom stereocenters. The van der Waals surface area contributed by atoms with Crippen LogP contribution in [0.5, 0.6) is 0 Å². The largest absolute Gasteiger partial charge is 0.399 e. The highest BCUT2D eigenvalue weighted by molar-refractivity contribution is 6.31. The molecule has 0 saturated heterocycles. The molecule has 2 N–H and O–H groups in total. The van der Waals surface area contributed by atoms with Gasteiger partial charge in [0.1, 0.15) is 0 Å². The molecular formula is C19H16ClN5. The van der Waals surface area contributed by atoms with Crippen LogP contribution in [-0.2, 0) is 0 Å². The van der Waals surface area contributed by atoms with Crippen LogP contribution in [0.1, 0.15) is 11.5 Å². The van der Waals surface area contributed by atoms with Crippen molar-refractivity contribution >= 4 is 11.6 Å². The van der Waals surface area contributed by atoms with Gasteiger partial charge in [-0.2, -0.15) is 15.8 Å². The Bertz CT molecular complexity index is 895. The molecule has 124 valence electrons. The van der Waals surface area contributed by atoms with E-state index in [2.05, 4.69) is 23.1 Å². The van der Waals surface area contributed by atoms with E-state index in [1.807, 2.05) is 31.3 Å². The molecule has 0 aromatic heterocycles. The van der Waals surface area contributed by atoms with Gasteiger partial charge in [0.15, 0.2) is 0 Å². The Hall–Kier alpha value is -2.78. The molecule has 25 heavy (non-hydrogen) atoms. The second-order valence-corrected chi connectivity index (χ2v) is 6.81. The maximum Gasteiger partial charge on any atom is 0.204 e. The molecule has 0 saturated carbocycles. The molecule has 0 bridgehead atoms. The lowest BCUT2D eigenvalue weighted by Gasteiger charge is -2.44. The van der Waals surface area contributed by atoms with E-state index in [1.165, 1.54) is 0 Å². The zero-order valence-corrected chi connectivity index (χ0v) is 14.5. The highest BCUT2D eigenvalue weighted by Gasteiger charge is 2.52. The summed E-state index contributed by atoms with van der Waals surface area (Å²) in [4.78, 5) is 2.09. The van der Waals surface area contributed by atoms with E-state index in [0.717, 1.165) is 5.56 Å². The number of nitrogens with two attached hydrogens (primary N) is 1. The highest BCUT2D eigenvalue weighted by atomic mass is 35.5. The van der Waals surface area contributed by atoms with Gasteiger partial charge in [0.2, 0.25) is 5.41 Å². The Labute approximate surface area is 151 Å². The van der Waals surface area contributed by atoms with Crippen LogP contribution in [0.2, 0.25) is 5.02 Å². The van der Waals surface area contributed by atoms with E-state index in [9.17, 15) is 15.8 Å². The Morgan fingerprint density at radius 1 is 1.24 bits per heavy atom. The van der Waals surface area contributed by atoms with Crippen molar-refractivity contribution < 1.29 is 0 Å². The Morgan fingerprint density at radius 3 is 2.52 bits per heavy atom. The van der Waals surface area contributed by atoms with Crippen molar-refractivity contribution in [1.82, 2.24) is 4.90 Å². The monoisotopic (exact) mass is 349 g/mol. The topological polar surface area (TPSA) is 101 Å². The van der Waals surface area contributed by atoms with Crippen molar-refractivity contribution in [2.24, 2.45) is 17.1 Å². The Balaban J connectivity index is 2.35. The van der Waals surface area contributed by atoms with Crippen molar-refractivity contribution in [2.75, 3.05) is 20.1 Å². The summed E-state index contributed by atoms with van der Waals surface area (Å²) in [6.45, 7) is 1.24. The number of nitrogens with zero attached hydrogens (tertiary/aromatic N) is 4. The van der Waals surface area contributed by atoms with Crippen LogP contribution in [-0.4, -0.2) is 25.0 Å². The van der Waals surface area contributed by atoms with E-state index in [1.54, 1.807) is 6.07 Å². The molecule has 1 heterocycles. The van der Waals surface area contributed by atoms with Crippen molar-refractivity contribution in [2.45, 2.75) is 5.92 Å². The molecule has 1 aromatic carbocycles. The van der Waals surface area contributed by atoms with Gasteiger partial charge in [-0.25, -0.2) is 0 Å². The average molecular weight is 350 g/mol. The number of nitriles is 3. The first-order valence-corrected chi connectivity index (χ1v) is 8.24. The first-order valence-electron chi connectivity index (χ1n) is 7.86. The normalized spacial score (nSPS) is 25.2. The van der Waals surface area contributed by atoms with Gasteiger partial charge in [-0.1, -0.05) is 35.9 Å². The summed E-state index contributed by atoms with van der Waals surface area (Å²) in [5.74, 6) is -0.581. The minimum Gasteiger partial charge on any atom is -0.399 e. The van der Waals surface area contributed by atoms with Gasteiger partial charge in [-0.05, 0) is 24.3 Å². The van der Waals surface area contributed by atoms with Crippen molar-refractivity contribution in [3.05, 3.63) is 57.8 Å². The van der Waals surface area contributed by atoms with Gasteiger partial charge in [0.05, 0.1) is 29.5 Å². The second-order valence-electron chi connectivity index (χ2n) is 6.40. The maximum absolute atomic E-state index is 9.78. The number of rotatable bonds is 1. The van der Waals surface area contributed by atoms with E-state index >= 15 is 0 Å². The van der Waals surface area contributed by atoms with Crippen LogP contribution in [0.3, 0.4) is 0 Å². The molecule has 0 radical (unpaired) electrons. The second kappa shape index (κ2) is 6.26. The molecule has 3 rings (SSSR count). The summed E-state index contributed by atoms with van der Waals surface area (Å²) in [5, 5.41) is 29.9. The lowest BCUT2D eigenvalue weighted by Crippen LogP contribution is -2.46. The molecule has 0 amide bonds. The molecule has 1 aliphatic heterocycles. The van der Waals surface area contributed by atoms with E-state index < -0.39 is 5.41 Å². The Kier molecular flexibility index (Phi) is 4.27. The maximum atomic E-state index is 9.78. The third-order valence-corrected chi connectivity index (χ3v) is 5.41. The van der Waals surface area contributed by atoms with Crippen molar-refractivity contribution in [1.29, 1.82) is 15.8 Å². The van der Waals surface area contributed by atoms with Gasteiger partial charge in [-0.3, -0.25) is 0 Å². The zero-order chi connectivity index (χ0) is 18.2. The summed E-state index contributed by atoms with van der Waals surface area (Å²) >= 11 is 6.40. The van der Waals surface area contributed by atoms with E-state index in [4.69, 9.17) is 17.3 Å². The molecule has 0 spiro atoms. The summed E-state index contributed by atoms with van der Waals surface area (Å²) in [5.41, 5.74) is 6.39. The van der Waals surface area contributed by atoms with Crippen LogP contribution >= 0.6 is 11.6 Å². The standard InChI is InChI=1S/C19H16ClN5/c1-25-7-6-15-14(9-25)17(12-4-2-3-5-16(12)20)13(8-21)18(24)19(15,10-22)11-23/h2-6,14,17H,7,9,24H2,1H3/t14-,17+/m1/s1. The Morgan fingerprint density at radius 2 is 1.92 bits per heavy atom. The number of benzene rings is 1. The fourth-order valence-electron chi connectivity index (χ4n) is 3.86. The van der Waals surface area contributed by atoms with Crippen LogP contribution in [0.4, 0.5) is 0 Å². The van der Waals surface area contributed by atoms with Crippen LogP contribution in [0.15, 0.2) is 47.2 Å². The SMILES string of the molecule is CN1CC=C2[C@@H](C1)[C@@H](c1ccccc1Cl)C(C#N)=C(N)C2(C#N)C#N. The predicted molar refractivity (Wildman–Crippen MR) is 93.7 cm³/mol. The van der Waals surface area contributed by atoms with Crippen LogP contribution in [0.25, 0.3) is 0 Å². The van der Waals surface area contributed by atoms with Crippen molar-refractivity contribution in [3.8, 4) is 18.2 Å². The fraction of sp³-hybridized carbons (Fsp3) is 0.316. The number of hydrogen-bond donors (Lipinski definition) is 1. The van der Waals surface area contributed by atoms with Crippen molar-refractivity contribution in [3.63, 3.8) is 0 Å². The molecule has 0 fully saturated rings. The summed E-state index contributed by atoms with van der Waals surface area (Å²) in [6.07, 6.45) is 1.89. The molecule has 6 heteroatoms. The molecule has 5 nitrogen and oxygen atoms in total. The van der Waals surface area contributed by atoms with E-state index in [-0.39, 0.29) is 23.1 Å². The average Bonchev–Trinajstić information content (AvgIpc) is 2.62. The molecule has 1 aromatic rings. The number of allylic oxidation sites excluding steroid dienone is 2. The van der Waals surface area contributed by atoms with Gasteiger partial charge < -0.3 is 10.6 Å². The van der Waals surface area contributed by atoms with Gasteiger partial charge in [0.25, 0.3) is 0 Å². The van der Waals surface area contributed by atoms with Crippen LogP contribution < -0.4 is 5.73 Å². The summed E-state index contributed by atoms with van der Waals surface area (Å²) in [6, 6.07) is 13.6. The predicted octanol–water partition coefficient (Wildman–Crippen LogP) is 2.70. The summed E-state index contributed by atoms with van der Waals surface area (Å²) in [7, 11) is 1.96. The lowest BCUT2D eigenvalue weighted by atomic mass is 9.60. The molecule has 2 aliphatic rings. The quantitative estimate of drug-likeness (QED) is 0.785. The first kappa shape index (κ1) is 17.1. The molecule has 2 atom stereocenters. The number of halogens is 1. The van der Waals surface area contributed by atoms with Gasteiger partial charge in [0, 0.05) is 29.9 Å². The van der Waals surface area contributed by atoms with Gasteiger partial charge >= 0.3 is 0 Å². The smallest absolute Gasteiger partial charge is 0.204 e. The fourth-order valence-corrected chi connectivity index (χ4v) is 4.11. The molecular weight excluding hydrogens is 334 g/mol. The molecule has 1 aliphatic carbocycles. The number of hydrogen-bond acceptors (Lipinski definition) is 5. The minimum atomic E-state index is -1.59. The first-order chi connectivity index (χ1) is 12.0. The highest BCUT2D eigenvalue weighted by Crippen LogP contribution is 2.53. The third-order valence-electron chi connectivity index (χ3n) is 5.07. The summed E-state index contributed by atoms with van der Waals surface area (Å²) < 4.78 is 0.